The van der Waals surface area contributed by atoms with Crippen LogP contribution in [0.15, 0.2) is 72.9 Å². The minimum absolute atomic E-state index is 0.0126. The molecule has 2 aromatic carbocycles. The molecule has 5 nitrogen and oxygen atoms in total. The largest absolute Gasteiger partial charge is 0.340 e. The predicted molar refractivity (Wildman–Crippen MR) is 131 cm³/mol. The van der Waals surface area contributed by atoms with Crippen molar-refractivity contribution in [2.24, 2.45) is 0 Å². The molecule has 0 unspecified atom stereocenters. The van der Waals surface area contributed by atoms with Crippen molar-refractivity contribution in [2.45, 2.75) is 32.9 Å². The molecule has 0 N–H and O–H groups in total. The number of imidazole rings is 1. The Morgan fingerprint density at radius 1 is 1.00 bits per heavy atom. The van der Waals surface area contributed by atoms with Gasteiger partial charge >= 0.3 is 0 Å². The van der Waals surface area contributed by atoms with E-state index in [4.69, 9.17) is 4.98 Å². The van der Waals surface area contributed by atoms with Gasteiger partial charge in [-0.2, -0.15) is 0 Å². The van der Waals surface area contributed by atoms with Gasteiger partial charge in [-0.3, -0.25) is 9.69 Å². The van der Waals surface area contributed by atoms with Crippen LogP contribution >= 0.6 is 0 Å². The zero-order chi connectivity index (χ0) is 22.8. The van der Waals surface area contributed by atoms with Crippen molar-refractivity contribution in [1.29, 1.82) is 0 Å². The third kappa shape index (κ3) is 4.41. The van der Waals surface area contributed by atoms with Crippen molar-refractivity contribution in [1.82, 2.24) is 19.2 Å². The molecule has 0 saturated carbocycles. The first-order valence-electron chi connectivity index (χ1n) is 11.7. The number of fused-ring (bicyclic) bond motifs is 2. The van der Waals surface area contributed by atoms with E-state index in [9.17, 15) is 4.79 Å². The fraction of sp³-hybridized carbons (Fsp3) is 0.286. The SMILES string of the molecule is Cc1cccn2c(CN3CCc4ccccc4C3)c(C(=O)N(C)CCc3ccccc3)nc12. The highest BCUT2D eigenvalue weighted by atomic mass is 16.2. The van der Waals surface area contributed by atoms with Crippen LogP contribution in [0.3, 0.4) is 0 Å². The van der Waals surface area contributed by atoms with Gasteiger partial charge in [0.25, 0.3) is 5.91 Å². The fourth-order valence-corrected chi connectivity index (χ4v) is 4.70. The van der Waals surface area contributed by atoms with Gasteiger partial charge in [0.15, 0.2) is 5.69 Å². The van der Waals surface area contributed by atoms with E-state index in [1.54, 1.807) is 4.90 Å². The normalized spacial score (nSPS) is 13.8. The minimum Gasteiger partial charge on any atom is -0.340 e. The summed E-state index contributed by atoms with van der Waals surface area (Å²) in [5.41, 5.74) is 7.53. The summed E-state index contributed by atoms with van der Waals surface area (Å²) in [5, 5.41) is 0. The summed E-state index contributed by atoms with van der Waals surface area (Å²) in [6.07, 6.45) is 3.89. The van der Waals surface area contributed by atoms with Crippen molar-refractivity contribution in [3.63, 3.8) is 0 Å². The van der Waals surface area contributed by atoms with E-state index < -0.39 is 0 Å². The summed E-state index contributed by atoms with van der Waals surface area (Å²) in [7, 11) is 1.88. The molecule has 168 valence electrons. The molecule has 0 saturated heterocycles. The van der Waals surface area contributed by atoms with Crippen LogP contribution < -0.4 is 0 Å². The van der Waals surface area contributed by atoms with Crippen molar-refractivity contribution < 1.29 is 4.79 Å². The molecule has 0 atom stereocenters. The van der Waals surface area contributed by atoms with E-state index in [1.807, 2.05) is 37.5 Å². The number of benzene rings is 2. The lowest BCUT2D eigenvalue weighted by Crippen LogP contribution is -2.33. The molecule has 0 aliphatic carbocycles. The molecule has 2 aromatic heterocycles. The van der Waals surface area contributed by atoms with Crippen molar-refractivity contribution in [3.8, 4) is 0 Å². The lowest BCUT2D eigenvalue weighted by Gasteiger charge is -2.29. The monoisotopic (exact) mass is 438 g/mol. The number of carbonyl (C=O) groups is 1. The van der Waals surface area contributed by atoms with Gasteiger partial charge in [-0.05, 0) is 48.1 Å². The number of aryl methyl sites for hydroxylation is 1. The van der Waals surface area contributed by atoms with Crippen LogP contribution in [0.4, 0.5) is 0 Å². The number of rotatable bonds is 6. The Balaban J connectivity index is 1.42. The number of hydrogen-bond donors (Lipinski definition) is 0. The van der Waals surface area contributed by atoms with Crippen LogP contribution in [-0.4, -0.2) is 45.2 Å². The summed E-state index contributed by atoms with van der Waals surface area (Å²) < 4.78 is 2.11. The molecule has 5 rings (SSSR count). The smallest absolute Gasteiger partial charge is 0.274 e. The first-order chi connectivity index (χ1) is 16.1. The molecule has 3 heterocycles. The van der Waals surface area contributed by atoms with E-state index in [0.717, 1.165) is 42.8 Å². The average molecular weight is 439 g/mol. The Morgan fingerprint density at radius 2 is 1.76 bits per heavy atom. The van der Waals surface area contributed by atoms with Gasteiger partial charge in [-0.15, -0.1) is 0 Å². The van der Waals surface area contributed by atoms with Crippen LogP contribution in [-0.2, 0) is 25.9 Å². The maximum absolute atomic E-state index is 13.5. The van der Waals surface area contributed by atoms with Gasteiger partial charge in [0.2, 0.25) is 0 Å². The summed E-state index contributed by atoms with van der Waals surface area (Å²) >= 11 is 0. The molecular formula is C28H30N4O. The van der Waals surface area contributed by atoms with Gasteiger partial charge in [-0.1, -0.05) is 60.7 Å². The standard InChI is InChI=1S/C28H30N4O/c1-21-9-8-16-32-25(20-31-18-15-23-12-6-7-13-24(23)19-31)26(29-27(21)32)28(33)30(2)17-14-22-10-4-3-5-11-22/h3-13,16H,14-15,17-20H2,1-2H3. The maximum atomic E-state index is 13.5. The van der Waals surface area contributed by atoms with Gasteiger partial charge in [0, 0.05) is 39.4 Å². The van der Waals surface area contributed by atoms with Crippen molar-refractivity contribution in [2.75, 3.05) is 20.1 Å². The Bertz CT molecular complexity index is 1280. The van der Waals surface area contributed by atoms with Crippen LogP contribution in [0.2, 0.25) is 0 Å². The van der Waals surface area contributed by atoms with E-state index in [2.05, 4.69) is 58.7 Å². The Labute approximate surface area is 195 Å². The summed E-state index contributed by atoms with van der Waals surface area (Å²) in [4.78, 5) is 22.6. The average Bonchev–Trinajstić information content (AvgIpc) is 3.22. The molecular weight excluding hydrogens is 408 g/mol. The maximum Gasteiger partial charge on any atom is 0.274 e. The number of likely N-dealkylation sites (N-methyl/N-ethyl adjacent to an activating group) is 1. The van der Waals surface area contributed by atoms with Crippen molar-refractivity contribution >= 4 is 11.6 Å². The first kappa shape index (κ1) is 21.4. The first-order valence-corrected chi connectivity index (χ1v) is 11.7. The number of aromatic nitrogens is 2. The summed E-state index contributed by atoms with van der Waals surface area (Å²) in [6.45, 7) is 5.29. The van der Waals surface area contributed by atoms with E-state index in [-0.39, 0.29) is 5.91 Å². The fourth-order valence-electron chi connectivity index (χ4n) is 4.70. The van der Waals surface area contributed by atoms with Gasteiger partial charge < -0.3 is 9.30 Å². The van der Waals surface area contributed by atoms with Crippen LogP contribution in [0.1, 0.15) is 38.4 Å². The highest BCUT2D eigenvalue weighted by Crippen LogP contribution is 2.24. The van der Waals surface area contributed by atoms with E-state index in [0.29, 0.717) is 18.8 Å². The summed E-state index contributed by atoms with van der Waals surface area (Å²) in [6, 6.07) is 23.0. The second kappa shape index (κ2) is 9.20. The van der Waals surface area contributed by atoms with Crippen molar-refractivity contribution in [3.05, 3.63) is 107 Å². The van der Waals surface area contributed by atoms with Gasteiger partial charge in [0.1, 0.15) is 5.65 Å². The Kier molecular flexibility index (Phi) is 5.97. The van der Waals surface area contributed by atoms with E-state index in [1.165, 1.54) is 16.7 Å². The molecule has 1 amide bonds. The highest BCUT2D eigenvalue weighted by molar-refractivity contribution is 5.94. The third-order valence-electron chi connectivity index (χ3n) is 6.66. The topological polar surface area (TPSA) is 40.9 Å². The molecule has 1 aliphatic heterocycles. The quantitative estimate of drug-likeness (QED) is 0.445. The van der Waals surface area contributed by atoms with Gasteiger partial charge in [-0.25, -0.2) is 4.98 Å². The number of hydrogen-bond acceptors (Lipinski definition) is 3. The second-order valence-corrected chi connectivity index (χ2v) is 8.98. The second-order valence-electron chi connectivity index (χ2n) is 8.98. The molecule has 0 fully saturated rings. The number of nitrogens with zero attached hydrogens (tertiary/aromatic N) is 4. The molecule has 5 heteroatoms. The molecule has 0 radical (unpaired) electrons. The Hall–Kier alpha value is -3.44. The molecule has 1 aliphatic rings. The minimum atomic E-state index is -0.0126. The molecule has 33 heavy (non-hydrogen) atoms. The van der Waals surface area contributed by atoms with E-state index >= 15 is 0 Å². The highest BCUT2D eigenvalue weighted by Gasteiger charge is 2.25. The van der Waals surface area contributed by atoms with Crippen LogP contribution in [0.25, 0.3) is 5.65 Å². The molecule has 4 aromatic rings. The van der Waals surface area contributed by atoms with Crippen LogP contribution in [0, 0.1) is 6.92 Å². The summed E-state index contributed by atoms with van der Waals surface area (Å²) in [5.74, 6) is -0.0126. The lowest BCUT2D eigenvalue weighted by atomic mass is 10.00. The molecule has 0 spiro atoms. The zero-order valence-electron chi connectivity index (χ0n) is 19.4. The Morgan fingerprint density at radius 3 is 2.58 bits per heavy atom. The van der Waals surface area contributed by atoms with Gasteiger partial charge in [0.05, 0.1) is 5.69 Å². The molecule has 0 bridgehead atoms. The van der Waals surface area contributed by atoms with Crippen LogP contribution in [0.5, 0.6) is 0 Å². The number of amides is 1. The lowest BCUT2D eigenvalue weighted by molar-refractivity contribution is 0.0788. The number of pyridine rings is 1. The predicted octanol–water partition coefficient (Wildman–Crippen LogP) is 4.52. The third-order valence-corrected chi connectivity index (χ3v) is 6.66. The zero-order valence-corrected chi connectivity index (χ0v) is 19.4. The number of carbonyl (C=O) groups excluding carboxylic acids is 1.